The predicted octanol–water partition coefficient (Wildman–Crippen LogP) is 5.22. The highest BCUT2D eigenvalue weighted by Crippen LogP contribution is 2.31. The molecule has 1 N–H and O–H groups in total. The number of carbonyl (C=O) groups excluding carboxylic acids is 2. The Morgan fingerprint density at radius 2 is 1.71 bits per heavy atom. The van der Waals surface area contributed by atoms with E-state index in [0.717, 1.165) is 11.1 Å². The molecule has 0 atom stereocenters. The molecule has 4 rings (SSSR count). The van der Waals surface area contributed by atoms with Crippen LogP contribution in [0, 0.1) is 6.92 Å². The van der Waals surface area contributed by atoms with Crippen molar-refractivity contribution in [2.45, 2.75) is 20.8 Å². The highest BCUT2D eigenvalue weighted by atomic mass is 16.5. The third-order valence-corrected chi connectivity index (χ3v) is 5.34. The zero-order chi connectivity index (χ0) is 24.8. The molecule has 2 amide bonds. The molecule has 0 bridgehead atoms. The molecule has 1 aliphatic heterocycles. The van der Waals surface area contributed by atoms with Crippen molar-refractivity contribution in [3.8, 4) is 11.5 Å². The van der Waals surface area contributed by atoms with Crippen LogP contribution in [-0.4, -0.2) is 30.7 Å². The van der Waals surface area contributed by atoms with Crippen molar-refractivity contribution in [2.75, 3.05) is 23.5 Å². The smallest absolute Gasteiger partial charge is 0.280 e. The van der Waals surface area contributed by atoms with E-state index >= 15 is 0 Å². The number of nitrogens with zero attached hydrogens (tertiary/aromatic N) is 2. The molecule has 3 aromatic rings. The fourth-order valence-electron chi connectivity index (χ4n) is 3.57. The first-order valence-electron chi connectivity index (χ1n) is 11.4. The molecule has 7 nitrogen and oxygen atoms in total. The molecule has 0 radical (unpaired) electrons. The molecular weight excluding hydrogens is 442 g/mol. The van der Waals surface area contributed by atoms with Crippen LogP contribution in [0.4, 0.5) is 11.4 Å². The number of nitrogens with one attached hydrogen (secondary N) is 1. The number of carbonyl (C=O) groups is 2. The number of aryl methyl sites for hydroxylation is 1. The zero-order valence-electron chi connectivity index (χ0n) is 19.9. The largest absolute Gasteiger partial charge is 0.490 e. The lowest BCUT2D eigenvalue weighted by Crippen LogP contribution is -2.21. The van der Waals surface area contributed by atoms with Gasteiger partial charge in [-0.2, -0.15) is 10.1 Å². The Labute approximate surface area is 204 Å². The number of hydrogen-bond donors (Lipinski definition) is 1. The SMILES string of the molecule is CCOc1cc(/C=C2/C(=O)N(c3ccccc3)N=C2C)ccc1OCC(=O)Nc1ccc(C)cc1. The second-order valence-corrected chi connectivity index (χ2v) is 8.04. The third kappa shape index (κ3) is 5.76. The molecule has 1 heterocycles. The fourth-order valence-corrected chi connectivity index (χ4v) is 3.57. The molecule has 0 saturated carbocycles. The van der Waals surface area contributed by atoms with Gasteiger partial charge in [0.15, 0.2) is 18.1 Å². The predicted molar refractivity (Wildman–Crippen MR) is 138 cm³/mol. The first-order valence-corrected chi connectivity index (χ1v) is 11.4. The Kier molecular flexibility index (Phi) is 7.26. The van der Waals surface area contributed by atoms with Crippen LogP contribution in [0.2, 0.25) is 0 Å². The highest BCUT2D eigenvalue weighted by molar-refractivity contribution is 6.32. The summed E-state index contributed by atoms with van der Waals surface area (Å²) in [5.74, 6) is 0.471. The molecule has 0 fully saturated rings. The van der Waals surface area contributed by atoms with Gasteiger partial charge in [0.2, 0.25) is 0 Å². The Morgan fingerprint density at radius 1 is 0.971 bits per heavy atom. The molecule has 7 heteroatoms. The molecule has 178 valence electrons. The minimum absolute atomic E-state index is 0.162. The van der Waals surface area contributed by atoms with Gasteiger partial charge in [0.25, 0.3) is 11.8 Å². The summed E-state index contributed by atoms with van der Waals surface area (Å²) in [6, 6.07) is 22.2. The summed E-state index contributed by atoms with van der Waals surface area (Å²) in [7, 11) is 0. The van der Waals surface area contributed by atoms with Crippen LogP contribution in [0.3, 0.4) is 0 Å². The maximum absolute atomic E-state index is 13.0. The minimum atomic E-state index is -0.271. The Hall–Kier alpha value is -4.39. The van der Waals surface area contributed by atoms with Gasteiger partial charge in [-0.3, -0.25) is 9.59 Å². The monoisotopic (exact) mass is 469 g/mol. The van der Waals surface area contributed by atoms with Crippen LogP contribution >= 0.6 is 0 Å². The molecule has 0 saturated heterocycles. The number of ether oxygens (including phenoxy) is 2. The van der Waals surface area contributed by atoms with Crippen molar-refractivity contribution in [3.63, 3.8) is 0 Å². The van der Waals surface area contributed by atoms with E-state index in [9.17, 15) is 9.59 Å². The Morgan fingerprint density at radius 3 is 2.43 bits per heavy atom. The second kappa shape index (κ2) is 10.7. The topological polar surface area (TPSA) is 80.2 Å². The number of anilines is 2. The third-order valence-electron chi connectivity index (χ3n) is 5.34. The van der Waals surface area contributed by atoms with Crippen molar-refractivity contribution in [3.05, 3.63) is 89.5 Å². The van der Waals surface area contributed by atoms with Crippen LogP contribution in [0.15, 0.2) is 83.5 Å². The van der Waals surface area contributed by atoms with E-state index < -0.39 is 0 Å². The summed E-state index contributed by atoms with van der Waals surface area (Å²) in [5, 5.41) is 8.62. The van der Waals surface area contributed by atoms with Crippen molar-refractivity contribution in [1.29, 1.82) is 0 Å². The number of hydrazone groups is 1. The normalized spacial score (nSPS) is 14.1. The maximum Gasteiger partial charge on any atom is 0.280 e. The molecule has 0 unspecified atom stereocenters. The van der Waals surface area contributed by atoms with Crippen molar-refractivity contribution in [1.82, 2.24) is 0 Å². The van der Waals surface area contributed by atoms with Gasteiger partial charge >= 0.3 is 0 Å². The van der Waals surface area contributed by atoms with E-state index in [-0.39, 0.29) is 18.4 Å². The summed E-state index contributed by atoms with van der Waals surface area (Å²) in [4.78, 5) is 25.3. The van der Waals surface area contributed by atoms with Gasteiger partial charge in [0.1, 0.15) is 0 Å². The Bertz CT molecular complexity index is 1280. The van der Waals surface area contributed by atoms with Crippen molar-refractivity contribution < 1.29 is 19.1 Å². The number of rotatable bonds is 8. The summed E-state index contributed by atoms with van der Waals surface area (Å²) >= 11 is 0. The van der Waals surface area contributed by atoms with E-state index in [1.807, 2.05) is 74.5 Å². The summed E-state index contributed by atoms with van der Waals surface area (Å²) in [6.45, 7) is 5.92. The minimum Gasteiger partial charge on any atom is -0.490 e. The molecule has 0 aliphatic carbocycles. The molecular formula is C28H27N3O4. The maximum atomic E-state index is 13.0. The van der Waals surface area contributed by atoms with E-state index in [4.69, 9.17) is 9.47 Å². The first kappa shape index (κ1) is 23.8. The fraction of sp³-hybridized carbons (Fsp3) is 0.179. The molecule has 1 aliphatic rings. The summed E-state index contributed by atoms with van der Waals surface area (Å²) in [5.41, 5.74) is 4.43. The van der Waals surface area contributed by atoms with Gasteiger partial charge in [-0.05, 0) is 68.8 Å². The van der Waals surface area contributed by atoms with Gasteiger partial charge in [0, 0.05) is 5.69 Å². The standard InChI is InChI=1S/C28H27N3O4/c1-4-34-26-17-21(16-24-20(3)30-31(28(24)33)23-8-6-5-7-9-23)12-15-25(26)35-18-27(32)29-22-13-10-19(2)11-14-22/h5-17H,4,18H2,1-3H3,(H,29,32)/b24-16+. The van der Waals surface area contributed by atoms with Crippen LogP contribution in [0.1, 0.15) is 25.0 Å². The lowest BCUT2D eigenvalue weighted by molar-refractivity contribution is -0.118. The van der Waals surface area contributed by atoms with Gasteiger partial charge in [-0.15, -0.1) is 0 Å². The highest BCUT2D eigenvalue weighted by Gasteiger charge is 2.28. The number of amides is 2. The Balaban J connectivity index is 1.47. The van der Waals surface area contributed by atoms with E-state index in [2.05, 4.69) is 10.4 Å². The van der Waals surface area contributed by atoms with Gasteiger partial charge in [-0.1, -0.05) is 42.0 Å². The first-order chi connectivity index (χ1) is 16.9. The van der Waals surface area contributed by atoms with Crippen molar-refractivity contribution >= 4 is 35.0 Å². The lowest BCUT2D eigenvalue weighted by Gasteiger charge is -2.13. The quantitative estimate of drug-likeness (QED) is 0.459. The van der Waals surface area contributed by atoms with Crippen LogP contribution in [0.5, 0.6) is 11.5 Å². The summed E-state index contributed by atoms with van der Waals surface area (Å²) in [6.07, 6.45) is 1.78. The summed E-state index contributed by atoms with van der Waals surface area (Å²) < 4.78 is 11.5. The van der Waals surface area contributed by atoms with Gasteiger partial charge < -0.3 is 14.8 Å². The van der Waals surface area contributed by atoms with Crippen molar-refractivity contribution in [2.24, 2.45) is 5.10 Å². The van der Waals surface area contributed by atoms with Crippen LogP contribution in [0.25, 0.3) is 6.08 Å². The molecule has 3 aromatic carbocycles. The number of para-hydroxylation sites is 1. The molecule has 0 spiro atoms. The average Bonchev–Trinajstić information content (AvgIpc) is 3.14. The number of benzene rings is 3. The van der Waals surface area contributed by atoms with Gasteiger partial charge in [0.05, 0.1) is 23.6 Å². The molecule has 35 heavy (non-hydrogen) atoms. The van der Waals surface area contributed by atoms with Crippen LogP contribution < -0.4 is 19.8 Å². The lowest BCUT2D eigenvalue weighted by atomic mass is 10.1. The van der Waals surface area contributed by atoms with Crippen LogP contribution in [-0.2, 0) is 9.59 Å². The van der Waals surface area contributed by atoms with E-state index in [1.165, 1.54) is 5.01 Å². The average molecular weight is 470 g/mol. The van der Waals surface area contributed by atoms with Gasteiger partial charge in [-0.25, -0.2) is 0 Å². The molecule has 0 aromatic heterocycles. The van der Waals surface area contributed by atoms with E-state index in [1.54, 1.807) is 25.1 Å². The zero-order valence-corrected chi connectivity index (χ0v) is 19.9. The van der Waals surface area contributed by atoms with E-state index in [0.29, 0.717) is 40.8 Å². The number of hydrogen-bond acceptors (Lipinski definition) is 5. The second-order valence-electron chi connectivity index (χ2n) is 8.04.